The summed E-state index contributed by atoms with van der Waals surface area (Å²) in [5.74, 6) is 1.66. The van der Waals surface area contributed by atoms with Gasteiger partial charge in [-0.05, 0) is 47.8 Å². The molecule has 6 atom stereocenters. The minimum atomic E-state index is -0.208. The Balaban J connectivity index is 1.37. The topological polar surface area (TPSA) is 59.0 Å². The van der Waals surface area contributed by atoms with Crippen molar-refractivity contribution in [1.29, 1.82) is 0 Å². The highest BCUT2D eigenvalue weighted by atomic mass is 16.5. The predicted molar refractivity (Wildman–Crippen MR) is 96.3 cm³/mol. The van der Waals surface area contributed by atoms with Gasteiger partial charge in [0.05, 0.1) is 18.1 Å². The Morgan fingerprint density at radius 2 is 1.85 bits per heavy atom. The Morgan fingerprint density at radius 3 is 2.50 bits per heavy atom. The molecule has 1 aliphatic heterocycles. The molecule has 2 bridgehead atoms. The van der Waals surface area contributed by atoms with E-state index in [2.05, 4.69) is 23.8 Å². The van der Waals surface area contributed by atoms with Crippen molar-refractivity contribution in [2.45, 2.75) is 6.42 Å². The van der Waals surface area contributed by atoms with Gasteiger partial charge >= 0.3 is 0 Å². The molecule has 26 heavy (non-hydrogen) atoms. The normalized spacial score (nSPS) is 36.4. The summed E-state index contributed by atoms with van der Waals surface area (Å²) in [6.07, 6.45) is 8.73. The second kappa shape index (κ2) is 5.66. The first-order valence-corrected chi connectivity index (χ1v) is 9.13. The highest BCUT2D eigenvalue weighted by Crippen LogP contribution is 2.65. The quantitative estimate of drug-likeness (QED) is 0.467. The minimum Gasteiger partial charge on any atom is -0.490 e. The first-order chi connectivity index (χ1) is 12.7. The van der Waals surface area contributed by atoms with Gasteiger partial charge in [0.2, 0.25) is 0 Å². The molecule has 0 unspecified atom stereocenters. The van der Waals surface area contributed by atoms with E-state index in [4.69, 9.17) is 4.74 Å². The average Bonchev–Trinajstić information content (AvgIpc) is 3.44. The van der Waals surface area contributed by atoms with Crippen LogP contribution in [0.25, 0.3) is 0 Å². The number of amides is 2. The average molecular weight is 348 g/mol. The number of rotatable bonds is 5. The van der Waals surface area contributed by atoms with E-state index >= 15 is 0 Å². The molecule has 4 aliphatic carbocycles. The molecule has 132 valence electrons. The maximum atomic E-state index is 12.9. The zero-order valence-electron chi connectivity index (χ0n) is 14.3. The van der Waals surface area contributed by atoms with Crippen molar-refractivity contribution in [3.63, 3.8) is 0 Å². The molecule has 3 fully saturated rings. The van der Waals surface area contributed by atoms with Gasteiger partial charge in [-0.15, -0.1) is 0 Å². The maximum Gasteiger partial charge on any atom is 0.254 e. The molecule has 1 saturated heterocycles. The second-order valence-electron chi connectivity index (χ2n) is 7.56. The summed E-state index contributed by atoms with van der Waals surface area (Å²) in [6, 6.07) is 7.39. The Bertz CT molecular complexity index is 823. The SMILES string of the molecule is C=CCOc1cccc(/C=N\N2C(=O)[C@@H]3[C@H]4C=C[C@@H]([C@@H]5C[C@@H]45)[C@H]3C2=O)c1. The van der Waals surface area contributed by atoms with E-state index in [1.807, 2.05) is 24.3 Å². The molecular formula is C21H20N2O3. The number of allylic oxidation sites excluding steroid dienone is 2. The first kappa shape index (κ1) is 15.6. The highest BCUT2D eigenvalue weighted by Gasteiger charge is 2.67. The fourth-order valence-corrected chi connectivity index (χ4v) is 5.02. The van der Waals surface area contributed by atoms with Gasteiger partial charge in [0.1, 0.15) is 12.4 Å². The number of ether oxygens (including phenoxy) is 1. The van der Waals surface area contributed by atoms with Crippen LogP contribution < -0.4 is 4.74 Å². The molecule has 0 radical (unpaired) electrons. The van der Waals surface area contributed by atoms with Crippen molar-refractivity contribution in [2.24, 2.45) is 40.6 Å². The van der Waals surface area contributed by atoms with Crippen LogP contribution in [0.2, 0.25) is 0 Å². The molecule has 1 aromatic rings. The molecule has 2 amide bonds. The third kappa shape index (κ3) is 2.19. The molecule has 5 heteroatoms. The summed E-state index contributed by atoms with van der Waals surface area (Å²) in [4.78, 5) is 25.7. The molecule has 1 heterocycles. The number of carbonyl (C=O) groups excluding carboxylic acids is 2. The number of nitrogens with zero attached hydrogens (tertiary/aromatic N) is 2. The predicted octanol–water partition coefficient (Wildman–Crippen LogP) is 2.64. The lowest BCUT2D eigenvalue weighted by atomic mass is 9.63. The monoisotopic (exact) mass is 348 g/mol. The largest absolute Gasteiger partial charge is 0.490 e. The van der Waals surface area contributed by atoms with Crippen LogP contribution in [-0.4, -0.2) is 29.6 Å². The lowest BCUT2D eigenvalue weighted by Gasteiger charge is -2.37. The molecule has 6 rings (SSSR count). The van der Waals surface area contributed by atoms with E-state index < -0.39 is 0 Å². The molecule has 1 aromatic carbocycles. The van der Waals surface area contributed by atoms with Gasteiger partial charge in [-0.3, -0.25) is 9.59 Å². The van der Waals surface area contributed by atoms with Crippen molar-refractivity contribution in [3.05, 3.63) is 54.6 Å². The van der Waals surface area contributed by atoms with E-state index in [1.165, 1.54) is 0 Å². The summed E-state index contributed by atoms with van der Waals surface area (Å²) >= 11 is 0. The van der Waals surface area contributed by atoms with E-state index in [0.717, 1.165) is 17.0 Å². The van der Waals surface area contributed by atoms with Crippen LogP contribution in [0.4, 0.5) is 0 Å². The van der Waals surface area contributed by atoms with Crippen LogP contribution >= 0.6 is 0 Å². The molecule has 0 N–H and O–H groups in total. The highest BCUT2D eigenvalue weighted by molar-refractivity contribution is 6.06. The Hall–Kier alpha value is -2.69. The van der Waals surface area contributed by atoms with Crippen LogP contribution in [0.5, 0.6) is 5.75 Å². The van der Waals surface area contributed by atoms with Crippen LogP contribution in [0.15, 0.2) is 54.2 Å². The Kier molecular flexibility index (Phi) is 3.39. The first-order valence-electron chi connectivity index (χ1n) is 9.13. The zero-order chi connectivity index (χ0) is 17.8. The smallest absolute Gasteiger partial charge is 0.254 e. The zero-order valence-corrected chi connectivity index (χ0v) is 14.3. The van der Waals surface area contributed by atoms with Crippen LogP contribution in [0, 0.1) is 35.5 Å². The number of carbonyl (C=O) groups is 2. The molecular weight excluding hydrogens is 328 g/mol. The van der Waals surface area contributed by atoms with Crippen molar-refractivity contribution in [3.8, 4) is 5.75 Å². The fourth-order valence-electron chi connectivity index (χ4n) is 5.02. The summed E-state index contributed by atoms with van der Waals surface area (Å²) in [5, 5.41) is 5.34. The van der Waals surface area contributed by atoms with Crippen LogP contribution in [0.3, 0.4) is 0 Å². The summed E-state index contributed by atoms with van der Waals surface area (Å²) in [6.45, 7) is 4.05. The number of hydrogen-bond donors (Lipinski definition) is 0. The lowest BCUT2D eigenvalue weighted by molar-refractivity contribution is -0.140. The van der Waals surface area contributed by atoms with Crippen molar-refractivity contribution in [1.82, 2.24) is 5.01 Å². The molecule has 0 aromatic heterocycles. The number of imide groups is 1. The summed E-state index contributed by atoms with van der Waals surface area (Å²) < 4.78 is 5.50. The lowest BCUT2D eigenvalue weighted by Crippen LogP contribution is -2.40. The Labute approximate surface area is 152 Å². The van der Waals surface area contributed by atoms with Gasteiger partial charge in [0.15, 0.2) is 0 Å². The van der Waals surface area contributed by atoms with Crippen molar-refractivity contribution < 1.29 is 14.3 Å². The number of benzene rings is 1. The van der Waals surface area contributed by atoms with Crippen LogP contribution in [0.1, 0.15) is 12.0 Å². The molecule has 0 spiro atoms. The van der Waals surface area contributed by atoms with E-state index in [0.29, 0.717) is 24.2 Å². The second-order valence-corrected chi connectivity index (χ2v) is 7.56. The summed E-state index contributed by atoms with van der Waals surface area (Å²) in [5.41, 5.74) is 0.783. The maximum absolute atomic E-state index is 12.9. The summed E-state index contributed by atoms with van der Waals surface area (Å²) in [7, 11) is 0. The van der Waals surface area contributed by atoms with Crippen molar-refractivity contribution in [2.75, 3.05) is 6.61 Å². The van der Waals surface area contributed by atoms with Gasteiger partial charge in [0.25, 0.3) is 11.8 Å². The molecule has 5 aliphatic rings. The van der Waals surface area contributed by atoms with Gasteiger partial charge in [-0.25, -0.2) is 0 Å². The van der Waals surface area contributed by atoms with Crippen LogP contribution in [-0.2, 0) is 9.59 Å². The van der Waals surface area contributed by atoms with Crippen molar-refractivity contribution >= 4 is 18.0 Å². The fraction of sp³-hybridized carbons (Fsp3) is 0.381. The Morgan fingerprint density at radius 1 is 1.15 bits per heavy atom. The van der Waals surface area contributed by atoms with Gasteiger partial charge < -0.3 is 4.74 Å². The number of hydrogen-bond acceptors (Lipinski definition) is 4. The molecule has 5 nitrogen and oxygen atoms in total. The standard InChI is InChI=1S/C21H20N2O3/c1-2-8-26-13-5-3-4-12(9-13)11-22-23-20(24)18-14-6-7-15(17-10-16(14)17)19(18)21(23)25/h2-7,9,11,14-19H,1,8,10H2/b22-11-/t14-,15-,16-,17-,18+,19+/m0/s1. The minimum absolute atomic E-state index is 0.139. The third-order valence-electron chi connectivity index (χ3n) is 6.19. The van der Waals surface area contributed by atoms with E-state index in [-0.39, 0.29) is 35.5 Å². The number of hydrazone groups is 1. The van der Waals surface area contributed by atoms with E-state index in [1.54, 1.807) is 12.3 Å². The third-order valence-corrected chi connectivity index (χ3v) is 6.19. The van der Waals surface area contributed by atoms with E-state index in [9.17, 15) is 9.59 Å². The van der Waals surface area contributed by atoms with Gasteiger partial charge in [-0.1, -0.05) is 36.9 Å². The van der Waals surface area contributed by atoms with Gasteiger partial charge in [-0.2, -0.15) is 10.1 Å². The molecule has 2 saturated carbocycles. The van der Waals surface area contributed by atoms with Gasteiger partial charge in [0, 0.05) is 0 Å².